The Labute approximate surface area is 112 Å². The fourth-order valence-electron chi connectivity index (χ4n) is 1.21. The van der Waals surface area contributed by atoms with E-state index in [9.17, 15) is 22.9 Å². The number of rotatable bonds is 5. The number of sulfonamides is 1. The van der Waals surface area contributed by atoms with Crippen LogP contribution in [0.3, 0.4) is 0 Å². The number of halogens is 2. The number of nitrogens with zero attached hydrogens (tertiary/aromatic N) is 2. The van der Waals surface area contributed by atoms with Crippen LogP contribution in [-0.4, -0.2) is 36.6 Å². The molecule has 0 aliphatic carbocycles. The molecule has 0 spiro atoms. The minimum absolute atomic E-state index is 0.129. The predicted octanol–water partition coefficient (Wildman–Crippen LogP) is 1.75. The molecule has 0 unspecified atom stereocenters. The van der Waals surface area contributed by atoms with Crippen molar-refractivity contribution in [3.05, 3.63) is 34.1 Å². The molecular formula is C9H10BrFN2O4S. The summed E-state index contributed by atoms with van der Waals surface area (Å²) in [6, 6.07) is 2.40. The molecule has 0 saturated carbocycles. The summed E-state index contributed by atoms with van der Waals surface area (Å²) >= 11 is 3.06. The largest absolute Gasteiger partial charge is 0.270 e. The summed E-state index contributed by atoms with van der Waals surface area (Å²) in [5.74, 6) is -1.01. The predicted molar refractivity (Wildman–Crippen MR) is 66.7 cm³/mol. The highest BCUT2D eigenvalue weighted by Gasteiger charge is 2.26. The van der Waals surface area contributed by atoms with E-state index in [1.807, 2.05) is 0 Å². The molecule has 1 aromatic rings. The van der Waals surface area contributed by atoms with Crippen molar-refractivity contribution in [1.82, 2.24) is 4.31 Å². The summed E-state index contributed by atoms with van der Waals surface area (Å²) in [5, 5.41) is 10.9. The number of benzene rings is 1. The molecule has 0 aliphatic rings. The van der Waals surface area contributed by atoms with Gasteiger partial charge in [-0.3, -0.25) is 10.1 Å². The van der Waals surface area contributed by atoms with Crippen molar-refractivity contribution in [1.29, 1.82) is 0 Å². The van der Waals surface area contributed by atoms with Gasteiger partial charge in [-0.2, -0.15) is 4.31 Å². The van der Waals surface area contributed by atoms with Gasteiger partial charge in [0.05, 0.1) is 4.92 Å². The molecule has 100 valence electrons. The normalized spacial score (nSPS) is 11.8. The second kappa shape index (κ2) is 5.72. The first-order chi connectivity index (χ1) is 8.30. The lowest BCUT2D eigenvalue weighted by atomic mass is 10.3. The molecule has 18 heavy (non-hydrogen) atoms. The maximum Gasteiger partial charge on any atom is 0.270 e. The van der Waals surface area contributed by atoms with Crippen LogP contribution in [0.15, 0.2) is 23.1 Å². The lowest BCUT2D eigenvalue weighted by Crippen LogP contribution is -2.29. The molecular weight excluding hydrogens is 331 g/mol. The molecule has 0 fully saturated rings. The quantitative estimate of drug-likeness (QED) is 0.464. The van der Waals surface area contributed by atoms with Crippen LogP contribution >= 0.6 is 15.9 Å². The van der Waals surface area contributed by atoms with Gasteiger partial charge in [0, 0.05) is 31.1 Å². The van der Waals surface area contributed by atoms with Crippen molar-refractivity contribution in [2.45, 2.75) is 4.90 Å². The van der Waals surface area contributed by atoms with E-state index in [4.69, 9.17) is 0 Å². The first-order valence-electron chi connectivity index (χ1n) is 4.77. The van der Waals surface area contributed by atoms with E-state index >= 15 is 0 Å². The maximum atomic E-state index is 13.5. The fourth-order valence-corrected chi connectivity index (χ4v) is 3.23. The SMILES string of the molecule is CN(CCBr)S(=O)(=O)c1cc([N+](=O)[O-])ccc1F. The smallest absolute Gasteiger partial charge is 0.258 e. The second-order valence-corrected chi connectivity index (χ2v) is 6.19. The Bertz CT molecular complexity index is 564. The van der Waals surface area contributed by atoms with Crippen molar-refractivity contribution in [2.24, 2.45) is 0 Å². The first-order valence-corrected chi connectivity index (χ1v) is 7.33. The zero-order valence-electron chi connectivity index (χ0n) is 9.34. The van der Waals surface area contributed by atoms with Gasteiger partial charge in [0.2, 0.25) is 10.0 Å². The standard InChI is InChI=1S/C9H10BrFN2O4S/c1-12(5-4-10)18(16,17)9-6-7(13(14)15)2-3-8(9)11/h2-3,6H,4-5H2,1H3. The average Bonchev–Trinajstić information content (AvgIpc) is 2.29. The summed E-state index contributed by atoms with van der Waals surface area (Å²) in [5.41, 5.74) is -0.470. The van der Waals surface area contributed by atoms with Gasteiger partial charge in [0.25, 0.3) is 5.69 Å². The van der Waals surface area contributed by atoms with Crippen LogP contribution in [0.4, 0.5) is 10.1 Å². The van der Waals surface area contributed by atoms with Gasteiger partial charge >= 0.3 is 0 Å². The Morgan fingerprint density at radius 2 is 2.11 bits per heavy atom. The van der Waals surface area contributed by atoms with Crippen molar-refractivity contribution in [3.8, 4) is 0 Å². The Kier molecular flexibility index (Phi) is 4.77. The minimum Gasteiger partial charge on any atom is -0.258 e. The Balaban J connectivity index is 3.31. The van der Waals surface area contributed by atoms with Crippen LogP contribution in [0, 0.1) is 15.9 Å². The number of nitro benzene ring substituents is 1. The van der Waals surface area contributed by atoms with Gasteiger partial charge < -0.3 is 0 Å². The highest BCUT2D eigenvalue weighted by atomic mass is 79.9. The third-order valence-electron chi connectivity index (χ3n) is 2.21. The first kappa shape index (κ1) is 15.0. The van der Waals surface area contributed by atoms with Crippen LogP contribution in [0.25, 0.3) is 0 Å². The second-order valence-electron chi connectivity index (χ2n) is 3.39. The van der Waals surface area contributed by atoms with Gasteiger partial charge in [-0.1, -0.05) is 15.9 Å². The molecule has 0 aliphatic heterocycles. The number of hydrogen-bond donors (Lipinski definition) is 0. The fraction of sp³-hybridized carbons (Fsp3) is 0.333. The number of non-ortho nitro benzene ring substituents is 1. The van der Waals surface area contributed by atoms with Gasteiger partial charge in [0.15, 0.2) is 0 Å². The zero-order chi connectivity index (χ0) is 13.9. The summed E-state index contributed by atoms with van der Waals surface area (Å²) < 4.78 is 38.3. The summed E-state index contributed by atoms with van der Waals surface area (Å²) in [7, 11) is -2.79. The van der Waals surface area contributed by atoms with Gasteiger partial charge in [0.1, 0.15) is 10.7 Å². The van der Waals surface area contributed by atoms with Gasteiger partial charge in [-0.05, 0) is 6.07 Å². The van der Waals surface area contributed by atoms with Gasteiger partial charge in [-0.25, -0.2) is 12.8 Å². The molecule has 0 aromatic heterocycles. The van der Waals surface area contributed by atoms with Crippen molar-refractivity contribution >= 4 is 31.6 Å². The van der Waals surface area contributed by atoms with E-state index in [0.717, 1.165) is 22.5 Å². The highest BCUT2D eigenvalue weighted by molar-refractivity contribution is 9.09. The Morgan fingerprint density at radius 1 is 1.50 bits per heavy atom. The third kappa shape index (κ3) is 3.03. The highest BCUT2D eigenvalue weighted by Crippen LogP contribution is 2.23. The topological polar surface area (TPSA) is 80.5 Å². The Morgan fingerprint density at radius 3 is 2.61 bits per heavy atom. The van der Waals surface area contributed by atoms with Gasteiger partial charge in [-0.15, -0.1) is 0 Å². The number of hydrogen-bond acceptors (Lipinski definition) is 4. The van der Waals surface area contributed by atoms with Crippen LogP contribution in [-0.2, 0) is 10.0 Å². The zero-order valence-corrected chi connectivity index (χ0v) is 11.7. The molecule has 0 amide bonds. The lowest BCUT2D eigenvalue weighted by Gasteiger charge is -2.15. The van der Waals surface area contributed by atoms with E-state index in [1.165, 1.54) is 7.05 Å². The Hall–Kier alpha value is -1.06. The third-order valence-corrected chi connectivity index (χ3v) is 4.44. The molecule has 0 atom stereocenters. The number of nitro groups is 1. The van der Waals surface area contributed by atoms with Crippen molar-refractivity contribution in [2.75, 3.05) is 18.9 Å². The molecule has 0 radical (unpaired) electrons. The van der Waals surface area contributed by atoms with Crippen molar-refractivity contribution in [3.63, 3.8) is 0 Å². The van der Waals surface area contributed by atoms with E-state index < -0.39 is 31.3 Å². The van der Waals surface area contributed by atoms with Crippen LogP contribution in [0.5, 0.6) is 0 Å². The van der Waals surface area contributed by atoms with Crippen LogP contribution < -0.4 is 0 Å². The monoisotopic (exact) mass is 340 g/mol. The molecule has 0 saturated heterocycles. The maximum absolute atomic E-state index is 13.5. The summed E-state index contributed by atoms with van der Waals surface area (Å²) in [6.45, 7) is 0.129. The van der Waals surface area contributed by atoms with E-state index in [-0.39, 0.29) is 6.54 Å². The molecule has 1 aromatic carbocycles. The summed E-state index contributed by atoms with van der Waals surface area (Å²) in [4.78, 5) is 9.08. The summed E-state index contributed by atoms with van der Waals surface area (Å²) in [6.07, 6.45) is 0. The molecule has 0 bridgehead atoms. The van der Waals surface area contributed by atoms with E-state index in [0.29, 0.717) is 5.33 Å². The molecule has 9 heteroatoms. The lowest BCUT2D eigenvalue weighted by molar-refractivity contribution is -0.385. The van der Waals surface area contributed by atoms with Crippen molar-refractivity contribution < 1.29 is 17.7 Å². The van der Waals surface area contributed by atoms with E-state index in [2.05, 4.69) is 15.9 Å². The molecule has 1 rings (SSSR count). The molecule has 6 nitrogen and oxygen atoms in total. The number of alkyl halides is 1. The van der Waals surface area contributed by atoms with E-state index in [1.54, 1.807) is 0 Å². The van der Waals surface area contributed by atoms with Crippen LogP contribution in [0.1, 0.15) is 0 Å². The molecule has 0 heterocycles. The minimum atomic E-state index is -4.06. The average molecular weight is 341 g/mol. The van der Waals surface area contributed by atoms with Crippen LogP contribution in [0.2, 0.25) is 0 Å². The molecule has 0 N–H and O–H groups in total.